The van der Waals surface area contributed by atoms with E-state index in [1.54, 1.807) is 0 Å². The van der Waals surface area contributed by atoms with E-state index in [2.05, 4.69) is 4.89 Å². The van der Waals surface area contributed by atoms with Crippen molar-refractivity contribution in [1.29, 1.82) is 0 Å². The Hall–Kier alpha value is -0.610. The van der Waals surface area contributed by atoms with Crippen LogP contribution in [0.15, 0.2) is 0 Å². The molecule has 0 aromatic heterocycles. The van der Waals surface area contributed by atoms with Gasteiger partial charge in [0.25, 0.3) is 0 Å². The van der Waals surface area contributed by atoms with E-state index in [0.29, 0.717) is 12.5 Å². The van der Waals surface area contributed by atoms with Crippen LogP contribution in [0, 0.1) is 11.8 Å². The van der Waals surface area contributed by atoms with Gasteiger partial charge >= 0.3 is 5.97 Å². The first-order valence-corrected chi connectivity index (χ1v) is 4.99. The molecule has 0 aromatic rings. The minimum atomic E-state index is -0.110. The monoisotopic (exact) mass is 202 g/mol. The molecule has 0 bridgehead atoms. The van der Waals surface area contributed by atoms with Gasteiger partial charge in [0.15, 0.2) is 0 Å². The van der Waals surface area contributed by atoms with Crippen LogP contribution in [0.25, 0.3) is 0 Å². The normalized spacial score (nSPS) is 26.0. The van der Waals surface area contributed by atoms with E-state index in [1.807, 2.05) is 13.8 Å². The highest BCUT2D eigenvalue weighted by atomic mass is 17.2. The van der Waals surface area contributed by atoms with E-state index in [-0.39, 0.29) is 18.0 Å². The summed E-state index contributed by atoms with van der Waals surface area (Å²) in [5.41, 5.74) is 0. The Morgan fingerprint density at radius 3 is 2.57 bits per heavy atom. The van der Waals surface area contributed by atoms with Crippen LogP contribution < -0.4 is 0 Å². The van der Waals surface area contributed by atoms with Crippen molar-refractivity contribution in [3.63, 3.8) is 0 Å². The van der Waals surface area contributed by atoms with E-state index in [1.165, 1.54) is 7.11 Å². The van der Waals surface area contributed by atoms with Gasteiger partial charge in [-0.05, 0) is 18.8 Å². The fraction of sp³-hybridized carbons (Fsp3) is 0.900. The molecule has 0 spiro atoms. The van der Waals surface area contributed by atoms with Crippen molar-refractivity contribution >= 4 is 5.97 Å². The maximum absolute atomic E-state index is 11.2. The number of ether oxygens (including phenoxy) is 1. The summed E-state index contributed by atoms with van der Waals surface area (Å²) < 4.78 is 5.22. The first kappa shape index (κ1) is 11.5. The van der Waals surface area contributed by atoms with Crippen molar-refractivity contribution in [2.24, 2.45) is 11.8 Å². The van der Waals surface area contributed by atoms with Gasteiger partial charge in [-0.3, -0.25) is 4.79 Å². The Bertz CT molecular complexity index is 185. The van der Waals surface area contributed by atoms with E-state index >= 15 is 0 Å². The zero-order valence-electron chi connectivity index (χ0n) is 8.99. The smallest absolute Gasteiger partial charge is 0.308 e. The van der Waals surface area contributed by atoms with Crippen LogP contribution in [0.4, 0.5) is 0 Å². The van der Waals surface area contributed by atoms with Gasteiger partial charge in [0, 0.05) is 0 Å². The summed E-state index contributed by atoms with van der Waals surface area (Å²) >= 11 is 0. The molecule has 0 heterocycles. The second-order valence-corrected chi connectivity index (χ2v) is 4.00. The van der Waals surface area contributed by atoms with Gasteiger partial charge in [-0.1, -0.05) is 13.8 Å². The van der Waals surface area contributed by atoms with Crippen LogP contribution in [0.5, 0.6) is 0 Å². The molecule has 0 unspecified atom stereocenters. The maximum atomic E-state index is 11.2. The van der Waals surface area contributed by atoms with Crippen molar-refractivity contribution in [2.75, 3.05) is 13.7 Å². The molecule has 1 saturated carbocycles. The average molecular weight is 202 g/mol. The summed E-state index contributed by atoms with van der Waals surface area (Å²) in [7, 11) is 1.49. The number of rotatable bonds is 5. The molecule has 0 radical (unpaired) electrons. The van der Waals surface area contributed by atoms with Crippen LogP contribution in [0.2, 0.25) is 0 Å². The quantitative estimate of drug-likeness (QED) is 0.385. The summed E-state index contributed by atoms with van der Waals surface area (Å²) in [6.07, 6.45) is 1.87. The highest BCUT2D eigenvalue weighted by Crippen LogP contribution is 2.30. The summed E-state index contributed by atoms with van der Waals surface area (Å²) in [4.78, 5) is 20.5. The van der Waals surface area contributed by atoms with E-state index in [9.17, 15) is 4.79 Å². The lowest BCUT2D eigenvalue weighted by molar-refractivity contribution is -0.286. The fourth-order valence-electron chi connectivity index (χ4n) is 1.37. The first-order chi connectivity index (χ1) is 6.63. The highest BCUT2D eigenvalue weighted by Gasteiger charge is 2.32. The Morgan fingerprint density at radius 1 is 1.43 bits per heavy atom. The number of esters is 1. The fourth-order valence-corrected chi connectivity index (χ4v) is 1.37. The molecule has 4 nitrogen and oxygen atoms in total. The van der Waals surface area contributed by atoms with Gasteiger partial charge in [-0.15, -0.1) is 0 Å². The maximum Gasteiger partial charge on any atom is 0.308 e. The second-order valence-electron chi connectivity index (χ2n) is 4.00. The minimum absolute atomic E-state index is 0.0377. The van der Waals surface area contributed by atoms with Crippen molar-refractivity contribution in [2.45, 2.75) is 32.8 Å². The molecular weight excluding hydrogens is 184 g/mol. The third-order valence-electron chi connectivity index (χ3n) is 2.37. The van der Waals surface area contributed by atoms with Gasteiger partial charge in [0.2, 0.25) is 0 Å². The molecule has 0 amide bonds. The molecule has 1 rings (SSSR count). The van der Waals surface area contributed by atoms with Crippen LogP contribution >= 0.6 is 0 Å². The number of carbonyl (C=O) groups is 1. The molecule has 1 aliphatic carbocycles. The van der Waals surface area contributed by atoms with Gasteiger partial charge < -0.3 is 4.74 Å². The Kier molecular flexibility index (Phi) is 4.35. The third-order valence-corrected chi connectivity index (χ3v) is 2.37. The van der Waals surface area contributed by atoms with Gasteiger partial charge in [0.05, 0.1) is 19.6 Å². The molecule has 1 aliphatic rings. The lowest BCUT2D eigenvalue weighted by Crippen LogP contribution is -2.36. The summed E-state index contributed by atoms with van der Waals surface area (Å²) in [6.45, 7) is 4.27. The third kappa shape index (κ3) is 3.27. The molecule has 0 atom stereocenters. The van der Waals surface area contributed by atoms with Crippen molar-refractivity contribution in [3.05, 3.63) is 0 Å². The Balaban J connectivity index is 2.07. The van der Waals surface area contributed by atoms with Crippen LogP contribution in [0.1, 0.15) is 26.7 Å². The standard InChI is InChI=1S/C10H18O4/c1-7(2)10(11)14-9-4-8(5-9)6-13-12-3/h7-9H,4-6H2,1-3H3. The number of hydrogen-bond acceptors (Lipinski definition) is 4. The predicted molar refractivity (Wildman–Crippen MR) is 50.4 cm³/mol. The summed E-state index contributed by atoms with van der Waals surface area (Å²) in [5.74, 6) is 0.324. The lowest BCUT2D eigenvalue weighted by Gasteiger charge is -2.34. The van der Waals surface area contributed by atoms with Crippen LogP contribution in [-0.4, -0.2) is 25.8 Å². The number of carbonyl (C=O) groups excluding carboxylic acids is 1. The average Bonchev–Trinajstić information content (AvgIpc) is 2.08. The van der Waals surface area contributed by atoms with Crippen LogP contribution in [-0.2, 0) is 19.3 Å². The largest absolute Gasteiger partial charge is 0.462 e. The topological polar surface area (TPSA) is 44.8 Å². The van der Waals surface area contributed by atoms with E-state index in [4.69, 9.17) is 9.62 Å². The van der Waals surface area contributed by atoms with Gasteiger partial charge in [-0.2, -0.15) is 0 Å². The summed E-state index contributed by atoms with van der Waals surface area (Å²) in [5, 5.41) is 0. The molecule has 14 heavy (non-hydrogen) atoms. The van der Waals surface area contributed by atoms with Crippen molar-refractivity contribution in [1.82, 2.24) is 0 Å². The molecule has 1 fully saturated rings. The Labute approximate surface area is 84.4 Å². The zero-order chi connectivity index (χ0) is 10.6. The summed E-state index contributed by atoms with van der Waals surface area (Å²) in [6, 6.07) is 0. The predicted octanol–water partition coefficient (Wildman–Crippen LogP) is 1.54. The van der Waals surface area contributed by atoms with Crippen molar-refractivity contribution in [3.8, 4) is 0 Å². The molecular formula is C10H18O4. The molecule has 0 aromatic carbocycles. The van der Waals surface area contributed by atoms with E-state index < -0.39 is 0 Å². The van der Waals surface area contributed by atoms with E-state index in [0.717, 1.165) is 12.8 Å². The molecule has 4 heteroatoms. The first-order valence-electron chi connectivity index (χ1n) is 4.99. The van der Waals surface area contributed by atoms with Gasteiger partial charge in [-0.25, -0.2) is 9.78 Å². The zero-order valence-corrected chi connectivity index (χ0v) is 8.99. The molecule has 0 saturated heterocycles. The SMILES string of the molecule is COOCC1CC(OC(=O)C(C)C)C1. The Morgan fingerprint density at radius 2 is 2.07 bits per heavy atom. The molecule has 0 aliphatic heterocycles. The second kappa shape index (κ2) is 5.32. The molecule has 82 valence electrons. The van der Waals surface area contributed by atoms with Crippen molar-refractivity contribution < 1.29 is 19.3 Å². The van der Waals surface area contributed by atoms with Crippen LogP contribution in [0.3, 0.4) is 0 Å². The minimum Gasteiger partial charge on any atom is -0.462 e. The lowest BCUT2D eigenvalue weighted by atomic mass is 9.83. The van der Waals surface area contributed by atoms with Gasteiger partial charge in [0.1, 0.15) is 6.10 Å². The molecule has 0 N–H and O–H groups in total. The number of hydrogen-bond donors (Lipinski definition) is 0. The highest BCUT2D eigenvalue weighted by molar-refractivity contribution is 5.71.